The molecule has 5 atom stereocenters. The standard InChI is InChI=1S/C40H42FN3O6Si/c1-25-37(51(3,4)41)35(22-36(46)43-23-28-11-9-8-10-27(28)20-31(43)24-45)50-40(25)33-21-29(42-38(47)26-14-17-32(49-2)18-15-26)16-19-34(33)44(39(40)48)30-12-6-5-7-13-30/h5-19,21,25,31,35,37,45H,20,22-24H2,1-4H3,(H,42,47)/t25-,31+,35+,37-,40+/m1/s1. The molecule has 11 heteroatoms. The molecule has 3 amide bonds. The van der Waals surface area contributed by atoms with E-state index in [1.165, 1.54) is 0 Å². The quantitative estimate of drug-likeness (QED) is 0.155. The largest absolute Gasteiger partial charge is 0.497 e. The van der Waals surface area contributed by atoms with E-state index >= 15 is 4.11 Å². The third-order valence-electron chi connectivity index (χ3n) is 10.8. The second-order valence-corrected chi connectivity index (χ2v) is 18.0. The Labute approximate surface area is 298 Å². The fourth-order valence-corrected chi connectivity index (χ4v) is 10.9. The highest BCUT2D eigenvalue weighted by Gasteiger charge is 2.67. The van der Waals surface area contributed by atoms with E-state index in [9.17, 15) is 19.5 Å². The number of halogens is 1. The van der Waals surface area contributed by atoms with E-state index in [2.05, 4.69) is 5.32 Å². The highest BCUT2D eigenvalue weighted by atomic mass is 28.4. The predicted molar refractivity (Wildman–Crippen MR) is 195 cm³/mol. The molecule has 1 fully saturated rings. The van der Waals surface area contributed by atoms with E-state index in [4.69, 9.17) is 9.47 Å². The Kier molecular flexibility index (Phi) is 9.07. The van der Waals surface area contributed by atoms with Crippen LogP contribution in [0.1, 0.15) is 40.4 Å². The first-order valence-corrected chi connectivity index (χ1v) is 20.2. The fourth-order valence-electron chi connectivity index (χ4n) is 8.36. The topological polar surface area (TPSA) is 108 Å². The lowest BCUT2D eigenvalue weighted by Gasteiger charge is -2.37. The van der Waals surface area contributed by atoms with Crippen molar-refractivity contribution in [1.29, 1.82) is 0 Å². The van der Waals surface area contributed by atoms with Gasteiger partial charge in [0.1, 0.15) is 5.75 Å². The normalized spacial score (nSPS) is 24.0. The number of fused-ring (bicyclic) bond motifs is 3. The number of ether oxygens (including phenoxy) is 2. The second kappa shape index (κ2) is 13.4. The Balaban J connectivity index is 1.26. The number of carbonyl (C=O) groups is 3. The van der Waals surface area contributed by atoms with Crippen molar-refractivity contribution < 1.29 is 33.1 Å². The monoisotopic (exact) mass is 707 g/mol. The first kappa shape index (κ1) is 34.6. The summed E-state index contributed by atoms with van der Waals surface area (Å²) in [6.07, 6.45) is -0.529. The Morgan fingerprint density at radius 3 is 2.35 bits per heavy atom. The van der Waals surface area contributed by atoms with E-state index in [0.29, 0.717) is 46.9 Å². The zero-order valence-electron chi connectivity index (χ0n) is 29.1. The van der Waals surface area contributed by atoms with Crippen LogP contribution in [0, 0.1) is 5.92 Å². The number of rotatable bonds is 8. The van der Waals surface area contributed by atoms with E-state index in [1.807, 2.05) is 61.5 Å². The van der Waals surface area contributed by atoms with Gasteiger partial charge < -0.3 is 28.9 Å². The molecule has 4 aromatic rings. The number of methoxy groups -OCH3 is 1. The van der Waals surface area contributed by atoms with Crippen LogP contribution < -0.4 is 15.0 Å². The van der Waals surface area contributed by atoms with Crippen LogP contribution >= 0.6 is 0 Å². The van der Waals surface area contributed by atoms with Gasteiger partial charge >= 0.3 is 0 Å². The SMILES string of the molecule is COc1ccc(C(=O)Nc2ccc3c(c2)[C@]2(O[C@@H](CC(=O)N4Cc5ccccc5C[C@H]4CO)[C@H]([Si](C)(C)F)[C@H]2C)C(=O)N3c2ccccc2)cc1. The molecular formula is C40H42FN3O6Si. The maximum Gasteiger partial charge on any atom is 0.268 e. The summed E-state index contributed by atoms with van der Waals surface area (Å²) in [5, 5.41) is 13.2. The second-order valence-electron chi connectivity index (χ2n) is 14.2. The third kappa shape index (κ3) is 6.02. The number of amides is 3. The minimum absolute atomic E-state index is 0.141. The van der Waals surface area contributed by atoms with Gasteiger partial charge in [-0.15, -0.1) is 0 Å². The average Bonchev–Trinajstić information content (AvgIpc) is 3.57. The lowest BCUT2D eigenvalue weighted by atomic mass is 9.82. The molecule has 4 aromatic carbocycles. The molecule has 0 radical (unpaired) electrons. The van der Waals surface area contributed by atoms with Crippen molar-refractivity contribution in [3.63, 3.8) is 0 Å². The van der Waals surface area contributed by atoms with Crippen LogP contribution in [0.5, 0.6) is 5.75 Å². The molecule has 0 bridgehead atoms. The lowest BCUT2D eigenvalue weighted by molar-refractivity contribution is -0.150. The third-order valence-corrected chi connectivity index (χ3v) is 13.2. The molecule has 0 aliphatic carbocycles. The van der Waals surface area contributed by atoms with Crippen molar-refractivity contribution in [3.8, 4) is 5.75 Å². The van der Waals surface area contributed by atoms with E-state index in [-0.39, 0.29) is 30.7 Å². The summed E-state index contributed by atoms with van der Waals surface area (Å²) in [4.78, 5) is 45.6. The summed E-state index contributed by atoms with van der Waals surface area (Å²) in [7, 11) is -2.03. The molecular weight excluding hydrogens is 666 g/mol. The zero-order chi connectivity index (χ0) is 36.1. The zero-order valence-corrected chi connectivity index (χ0v) is 30.1. The van der Waals surface area contributed by atoms with Gasteiger partial charge in [0.15, 0.2) is 5.60 Å². The average molecular weight is 708 g/mol. The highest BCUT2D eigenvalue weighted by molar-refractivity contribution is 6.72. The van der Waals surface area contributed by atoms with Crippen LogP contribution in [0.3, 0.4) is 0 Å². The Morgan fingerprint density at radius 2 is 1.69 bits per heavy atom. The smallest absolute Gasteiger partial charge is 0.268 e. The maximum absolute atomic E-state index is 16.6. The summed E-state index contributed by atoms with van der Waals surface area (Å²) in [6, 6.07) is 28.6. The van der Waals surface area contributed by atoms with Crippen LogP contribution in [-0.2, 0) is 32.9 Å². The van der Waals surface area contributed by atoms with Crippen LogP contribution in [0.4, 0.5) is 21.2 Å². The van der Waals surface area contributed by atoms with Crippen molar-refractivity contribution in [2.24, 2.45) is 5.92 Å². The number of hydrogen-bond donors (Lipinski definition) is 2. The minimum Gasteiger partial charge on any atom is -0.497 e. The van der Waals surface area contributed by atoms with E-state index in [1.54, 1.807) is 72.5 Å². The summed E-state index contributed by atoms with van der Waals surface area (Å²) in [6.45, 7) is 5.16. The van der Waals surface area contributed by atoms with Gasteiger partial charge in [-0.1, -0.05) is 49.4 Å². The Bertz CT molecular complexity index is 1970. The van der Waals surface area contributed by atoms with Crippen LogP contribution in [0.25, 0.3) is 0 Å². The molecule has 0 saturated carbocycles. The number of anilines is 3. The Morgan fingerprint density at radius 1 is 1.00 bits per heavy atom. The van der Waals surface area contributed by atoms with E-state index < -0.39 is 37.6 Å². The first-order chi connectivity index (χ1) is 24.5. The number of nitrogens with one attached hydrogen (secondary N) is 1. The number of nitrogens with zero attached hydrogens (tertiary/aromatic N) is 2. The molecule has 3 aliphatic heterocycles. The minimum atomic E-state index is -3.58. The molecule has 3 aliphatic rings. The molecule has 0 aromatic heterocycles. The molecule has 1 saturated heterocycles. The van der Waals surface area contributed by atoms with Crippen LogP contribution in [0.2, 0.25) is 18.6 Å². The fraction of sp³-hybridized carbons (Fsp3) is 0.325. The lowest BCUT2D eigenvalue weighted by Crippen LogP contribution is -2.48. The number of carbonyl (C=O) groups excluding carboxylic acids is 3. The molecule has 51 heavy (non-hydrogen) atoms. The summed E-state index contributed by atoms with van der Waals surface area (Å²) in [5.74, 6) is -1.00. The number of aliphatic hydroxyl groups excluding tert-OH is 1. The van der Waals surface area contributed by atoms with Crippen molar-refractivity contribution in [1.82, 2.24) is 4.90 Å². The summed E-state index contributed by atoms with van der Waals surface area (Å²) in [5.41, 5.74) is 2.32. The van der Waals surface area contributed by atoms with Crippen LogP contribution in [-0.4, -0.2) is 62.0 Å². The van der Waals surface area contributed by atoms with Gasteiger partial charge in [0, 0.05) is 40.5 Å². The highest BCUT2D eigenvalue weighted by Crippen LogP contribution is 2.61. The Hall–Kier alpha value is -4.84. The molecule has 1 spiro atoms. The number of benzene rings is 4. The molecule has 7 rings (SSSR count). The first-order valence-electron chi connectivity index (χ1n) is 17.3. The van der Waals surface area contributed by atoms with Gasteiger partial charge in [-0.3, -0.25) is 19.3 Å². The van der Waals surface area contributed by atoms with Gasteiger partial charge in [0.25, 0.3) is 11.8 Å². The van der Waals surface area contributed by atoms with Gasteiger partial charge in [-0.05, 0) is 85.2 Å². The molecule has 2 N–H and O–H groups in total. The summed E-state index contributed by atoms with van der Waals surface area (Å²) >= 11 is 0. The summed E-state index contributed by atoms with van der Waals surface area (Å²) < 4.78 is 28.7. The maximum atomic E-state index is 16.6. The van der Waals surface area contributed by atoms with Gasteiger partial charge in [-0.25, -0.2) is 0 Å². The van der Waals surface area contributed by atoms with Gasteiger partial charge in [-0.2, -0.15) is 0 Å². The molecule has 264 valence electrons. The van der Waals surface area contributed by atoms with E-state index in [0.717, 1.165) is 11.1 Å². The molecule has 9 nitrogen and oxygen atoms in total. The number of para-hydroxylation sites is 1. The molecule has 0 unspecified atom stereocenters. The number of aliphatic hydroxyl groups is 1. The van der Waals surface area contributed by atoms with Crippen molar-refractivity contribution in [2.75, 3.05) is 23.9 Å². The van der Waals surface area contributed by atoms with Gasteiger partial charge in [0.05, 0.1) is 38.0 Å². The predicted octanol–water partition coefficient (Wildman–Crippen LogP) is 6.74. The van der Waals surface area contributed by atoms with Crippen molar-refractivity contribution in [3.05, 3.63) is 119 Å². The van der Waals surface area contributed by atoms with Crippen LogP contribution in [0.15, 0.2) is 97.1 Å². The van der Waals surface area contributed by atoms with Gasteiger partial charge in [0.2, 0.25) is 14.3 Å². The number of hydrogen-bond acceptors (Lipinski definition) is 6. The molecule has 3 heterocycles. The van der Waals surface area contributed by atoms with Crippen molar-refractivity contribution >= 4 is 43.2 Å². The van der Waals surface area contributed by atoms with Crippen molar-refractivity contribution in [2.45, 2.75) is 62.7 Å².